The number of benzene rings is 1. The first kappa shape index (κ1) is 12.6. The standard InChI is InChI=1S/C14H17NO3/c1-4-17-14(16)10(3)8-12-15-13-9(2)6-5-7-11(13)18-12/h5-7,10H,4,8H2,1-3H3. The predicted octanol–water partition coefficient (Wildman–Crippen LogP) is 2.88. The minimum Gasteiger partial charge on any atom is -0.466 e. The number of hydrogen-bond acceptors (Lipinski definition) is 4. The number of fused-ring (bicyclic) bond motifs is 1. The van der Waals surface area contributed by atoms with E-state index < -0.39 is 0 Å². The van der Waals surface area contributed by atoms with E-state index in [4.69, 9.17) is 9.15 Å². The normalized spacial score (nSPS) is 12.6. The van der Waals surface area contributed by atoms with Crippen molar-refractivity contribution in [3.05, 3.63) is 29.7 Å². The third kappa shape index (κ3) is 2.53. The maximum absolute atomic E-state index is 11.5. The van der Waals surface area contributed by atoms with Crippen molar-refractivity contribution in [3.8, 4) is 0 Å². The molecule has 4 nitrogen and oxygen atoms in total. The molecule has 0 aliphatic carbocycles. The highest BCUT2D eigenvalue weighted by Gasteiger charge is 2.18. The summed E-state index contributed by atoms with van der Waals surface area (Å²) in [5.74, 6) is 0.134. The highest BCUT2D eigenvalue weighted by molar-refractivity contribution is 5.76. The van der Waals surface area contributed by atoms with E-state index in [-0.39, 0.29) is 11.9 Å². The van der Waals surface area contributed by atoms with E-state index in [1.807, 2.05) is 32.0 Å². The van der Waals surface area contributed by atoms with Gasteiger partial charge in [-0.2, -0.15) is 0 Å². The molecule has 0 aliphatic heterocycles. The smallest absolute Gasteiger partial charge is 0.309 e. The van der Waals surface area contributed by atoms with Crippen molar-refractivity contribution < 1.29 is 13.9 Å². The Morgan fingerprint density at radius 1 is 1.50 bits per heavy atom. The molecule has 0 aliphatic rings. The number of esters is 1. The Morgan fingerprint density at radius 3 is 2.94 bits per heavy atom. The highest BCUT2D eigenvalue weighted by atomic mass is 16.5. The molecule has 0 N–H and O–H groups in total. The molecule has 18 heavy (non-hydrogen) atoms. The molecule has 1 aromatic heterocycles. The van der Waals surface area contributed by atoms with Gasteiger partial charge in [0.15, 0.2) is 11.5 Å². The summed E-state index contributed by atoms with van der Waals surface area (Å²) in [6.45, 7) is 6.01. The van der Waals surface area contributed by atoms with Crippen molar-refractivity contribution in [2.75, 3.05) is 6.61 Å². The van der Waals surface area contributed by atoms with Crippen molar-refractivity contribution in [3.63, 3.8) is 0 Å². The Hall–Kier alpha value is -1.84. The second kappa shape index (κ2) is 5.21. The van der Waals surface area contributed by atoms with Crippen LogP contribution in [0.3, 0.4) is 0 Å². The van der Waals surface area contributed by atoms with E-state index in [2.05, 4.69) is 4.98 Å². The maximum Gasteiger partial charge on any atom is 0.309 e. The van der Waals surface area contributed by atoms with Gasteiger partial charge in [0.25, 0.3) is 0 Å². The van der Waals surface area contributed by atoms with Gasteiger partial charge in [0.1, 0.15) is 5.52 Å². The lowest BCUT2D eigenvalue weighted by Gasteiger charge is -2.07. The number of aromatic nitrogens is 1. The Balaban J connectivity index is 2.17. The average molecular weight is 247 g/mol. The number of rotatable bonds is 4. The zero-order valence-electron chi connectivity index (χ0n) is 10.9. The fourth-order valence-corrected chi connectivity index (χ4v) is 1.85. The SMILES string of the molecule is CCOC(=O)C(C)Cc1nc2c(C)cccc2o1. The van der Waals surface area contributed by atoms with Crippen LogP contribution < -0.4 is 0 Å². The van der Waals surface area contributed by atoms with Gasteiger partial charge in [-0.15, -0.1) is 0 Å². The molecular formula is C14H17NO3. The Morgan fingerprint density at radius 2 is 2.28 bits per heavy atom. The molecule has 1 aromatic carbocycles. The van der Waals surface area contributed by atoms with Gasteiger partial charge < -0.3 is 9.15 Å². The first-order chi connectivity index (χ1) is 8.61. The highest BCUT2D eigenvalue weighted by Crippen LogP contribution is 2.20. The molecule has 0 spiro atoms. The van der Waals surface area contributed by atoms with Crippen LogP contribution in [0.4, 0.5) is 0 Å². The molecule has 0 saturated carbocycles. The molecule has 0 radical (unpaired) electrons. The summed E-state index contributed by atoms with van der Waals surface area (Å²) in [5, 5.41) is 0. The van der Waals surface area contributed by atoms with Crippen LogP contribution >= 0.6 is 0 Å². The van der Waals surface area contributed by atoms with Crippen LogP contribution in [0, 0.1) is 12.8 Å². The number of oxazole rings is 1. The van der Waals surface area contributed by atoms with E-state index in [0.29, 0.717) is 18.9 Å². The van der Waals surface area contributed by atoms with Gasteiger partial charge >= 0.3 is 5.97 Å². The first-order valence-corrected chi connectivity index (χ1v) is 6.13. The zero-order chi connectivity index (χ0) is 13.1. The van der Waals surface area contributed by atoms with Gasteiger partial charge in [-0.25, -0.2) is 4.98 Å². The van der Waals surface area contributed by atoms with Crippen molar-refractivity contribution in [2.24, 2.45) is 5.92 Å². The Bertz CT molecular complexity index is 559. The van der Waals surface area contributed by atoms with Crippen LogP contribution in [0.25, 0.3) is 11.1 Å². The average Bonchev–Trinajstić information content (AvgIpc) is 2.73. The van der Waals surface area contributed by atoms with Gasteiger partial charge in [-0.05, 0) is 25.5 Å². The molecule has 0 saturated heterocycles. The van der Waals surface area contributed by atoms with Crippen LogP contribution in [0.1, 0.15) is 25.3 Å². The van der Waals surface area contributed by atoms with Crippen LogP contribution in [0.5, 0.6) is 0 Å². The summed E-state index contributed by atoms with van der Waals surface area (Å²) in [6, 6.07) is 5.80. The molecule has 1 heterocycles. The van der Waals surface area contributed by atoms with Gasteiger partial charge in [0.05, 0.1) is 12.5 Å². The Labute approximate surface area is 106 Å². The van der Waals surface area contributed by atoms with Crippen molar-refractivity contribution in [1.29, 1.82) is 0 Å². The van der Waals surface area contributed by atoms with Crippen molar-refractivity contribution in [1.82, 2.24) is 4.98 Å². The molecule has 0 fully saturated rings. The van der Waals surface area contributed by atoms with Crippen LogP contribution in [0.15, 0.2) is 22.6 Å². The van der Waals surface area contributed by atoms with E-state index in [9.17, 15) is 4.79 Å². The summed E-state index contributed by atoms with van der Waals surface area (Å²) < 4.78 is 10.6. The number of carbonyl (C=O) groups excluding carboxylic acids is 1. The minimum absolute atomic E-state index is 0.212. The second-order valence-electron chi connectivity index (χ2n) is 4.39. The summed E-state index contributed by atoms with van der Waals surface area (Å²) in [4.78, 5) is 16.0. The molecule has 4 heteroatoms. The monoisotopic (exact) mass is 247 g/mol. The molecule has 0 amide bonds. The van der Waals surface area contributed by atoms with Gasteiger partial charge in [-0.3, -0.25) is 4.79 Å². The van der Waals surface area contributed by atoms with Gasteiger partial charge in [-0.1, -0.05) is 19.1 Å². The summed E-state index contributed by atoms with van der Waals surface area (Å²) in [5.41, 5.74) is 2.70. The van der Waals surface area contributed by atoms with E-state index >= 15 is 0 Å². The summed E-state index contributed by atoms with van der Waals surface area (Å²) >= 11 is 0. The Kier molecular flexibility index (Phi) is 3.65. The molecule has 1 atom stereocenters. The number of aryl methyl sites for hydroxylation is 1. The van der Waals surface area contributed by atoms with Crippen molar-refractivity contribution >= 4 is 17.1 Å². The van der Waals surface area contributed by atoms with E-state index in [1.54, 1.807) is 6.92 Å². The van der Waals surface area contributed by atoms with E-state index in [1.165, 1.54) is 0 Å². The quantitative estimate of drug-likeness (QED) is 0.779. The second-order valence-corrected chi connectivity index (χ2v) is 4.39. The number of para-hydroxylation sites is 1. The number of carbonyl (C=O) groups is 1. The lowest BCUT2D eigenvalue weighted by molar-refractivity contribution is -0.147. The molecule has 1 unspecified atom stereocenters. The maximum atomic E-state index is 11.5. The molecular weight excluding hydrogens is 230 g/mol. The third-order valence-corrected chi connectivity index (χ3v) is 2.83. The molecule has 2 aromatic rings. The first-order valence-electron chi connectivity index (χ1n) is 6.13. The van der Waals surface area contributed by atoms with Crippen LogP contribution in [-0.4, -0.2) is 17.6 Å². The number of ether oxygens (including phenoxy) is 1. The van der Waals surface area contributed by atoms with Crippen molar-refractivity contribution in [2.45, 2.75) is 27.2 Å². The van der Waals surface area contributed by atoms with E-state index in [0.717, 1.165) is 16.7 Å². The topological polar surface area (TPSA) is 52.3 Å². The fraction of sp³-hybridized carbons (Fsp3) is 0.429. The van der Waals surface area contributed by atoms with Gasteiger partial charge in [0, 0.05) is 6.42 Å². The third-order valence-electron chi connectivity index (χ3n) is 2.83. The minimum atomic E-state index is -0.238. The molecule has 0 bridgehead atoms. The van der Waals surface area contributed by atoms with Gasteiger partial charge in [0.2, 0.25) is 0 Å². The lowest BCUT2D eigenvalue weighted by atomic mass is 10.1. The molecule has 96 valence electrons. The largest absolute Gasteiger partial charge is 0.466 e. The number of hydrogen-bond donors (Lipinski definition) is 0. The van der Waals surface area contributed by atoms with Crippen LogP contribution in [-0.2, 0) is 16.0 Å². The van der Waals surface area contributed by atoms with Crippen LogP contribution in [0.2, 0.25) is 0 Å². The zero-order valence-corrected chi connectivity index (χ0v) is 10.9. The number of nitrogens with zero attached hydrogens (tertiary/aromatic N) is 1. The fourth-order valence-electron chi connectivity index (χ4n) is 1.85. The predicted molar refractivity (Wildman–Crippen MR) is 68.2 cm³/mol. The summed E-state index contributed by atoms with van der Waals surface area (Å²) in [7, 11) is 0. The summed E-state index contributed by atoms with van der Waals surface area (Å²) in [6.07, 6.45) is 0.465. The lowest BCUT2D eigenvalue weighted by Crippen LogP contribution is -2.16. The molecule has 2 rings (SSSR count).